The Kier molecular flexibility index (Phi) is 9.84. The van der Waals surface area contributed by atoms with Crippen molar-refractivity contribution >= 4 is 62.3 Å². The number of anilines is 1. The first-order valence-electron chi connectivity index (χ1n) is 11.4. The van der Waals surface area contributed by atoms with Crippen LogP contribution in [-0.4, -0.2) is 44.8 Å². The quantitative estimate of drug-likeness (QED) is 0.347. The highest BCUT2D eigenvalue weighted by atomic mass is 35.5. The molecule has 0 spiro atoms. The van der Waals surface area contributed by atoms with Crippen molar-refractivity contribution in [2.24, 2.45) is 0 Å². The van der Waals surface area contributed by atoms with E-state index in [9.17, 15) is 18.0 Å². The lowest BCUT2D eigenvalue weighted by Gasteiger charge is -2.33. The minimum atomic E-state index is -4.14. The summed E-state index contributed by atoms with van der Waals surface area (Å²) in [5.74, 6) is -0.971. The van der Waals surface area contributed by atoms with Crippen LogP contribution in [0.3, 0.4) is 0 Å². The average Bonchev–Trinajstić information content (AvgIpc) is 2.89. The first-order chi connectivity index (χ1) is 17.6. The van der Waals surface area contributed by atoms with Gasteiger partial charge in [0.1, 0.15) is 12.6 Å². The zero-order valence-electron chi connectivity index (χ0n) is 20.2. The van der Waals surface area contributed by atoms with Crippen molar-refractivity contribution in [2.75, 3.05) is 17.9 Å². The van der Waals surface area contributed by atoms with E-state index in [2.05, 4.69) is 5.32 Å². The van der Waals surface area contributed by atoms with Crippen LogP contribution in [0.1, 0.15) is 18.9 Å². The summed E-state index contributed by atoms with van der Waals surface area (Å²) in [6.07, 6.45) is 0.295. The molecule has 1 N–H and O–H groups in total. The Morgan fingerprint density at radius 1 is 0.919 bits per heavy atom. The maximum atomic E-state index is 13.8. The minimum Gasteiger partial charge on any atom is -0.357 e. The number of nitrogens with zero attached hydrogens (tertiary/aromatic N) is 2. The highest BCUT2D eigenvalue weighted by molar-refractivity contribution is 7.92. The summed E-state index contributed by atoms with van der Waals surface area (Å²) >= 11 is 18.4. The van der Waals surface area contributed by atoms with Crippen LogP contribution in [0.2, 0.25) is 15.1 Å². The van der Waals surface area contributed by atoms with E-state index in [4.69, 9.17) is 34.8 Å². The number of hydrogen-bond acceptors (Lipinski definition) is 4. The Morgan fingerprint density at radius 2 is 1.54 bits per heavy atom. The van der Waals surface area contributed by atoms with Gasteiger partial charge in [-0.15, -0.1) is 0 Å². The number of sulfonamides is 1. The van der Waals surface area contributed by atoms with E-state index in [1.807, 2.05) is 0 Å². The van der Waals surface area contributed by atoms with Gasteiger partial charge in [-0.05, 0) is 60.5 Å². The molecule has 0 aromatic heterocycles. The van der Waals surface area contributed by atoms with Crippen LogP contribution in [0.5, 0.6) is 0 Å². The van der Waals surface area contributed by atoms with E-state index < -0.39 is 28.5 Å². The van der Waals surface area contributed by atoms with Gasteiger partial charge in [0.2, 0.25) is 11.8 Å². The molecule has 196 valence electrons. The second kappa shape index (κ2) is 12.6. The fourth-order valence-electron chi connectivity index (χ4n) is 3.78. The summed E-state index contributed by atoms with van der Waals surface area (Å²) in [5.41, 5.74) is 0.810. The molecule has 3 aromatic rings. The van der Waals surface area contributed by atoms with Crippen molar-refractivity contribution in [3.63, 3.8) is 0 Å². The molecule has 7 nitrogen and oxygen atoms in total. The summed E-state index contributed by atoms with van der Waals surface area (Å²) in [5, 5.41) is 3.74. The Bertz CT molecular complexity index is 1350. The van der Waals surface area contributed by atoms with Gasteiger partial charge in [0, 0.05) is 28.7 Å². The molecule has 0 unspecified atom stereocenters. The largest absolute Gasteiger partial charge is 0.357 e. The lowest BCUT2D eigenvalue weighted by molar-refractivity contribution is -0.140. The molecule has 37 heavy (non-hydrogen) atoms. The van der Waals surface area contributed by atoms with Gasteiger partial charge in [0.15, 0.2) is 0 Å². The summed E-state index contributed by atoms with van der Waals surface area (Å²) in [6.45, 7) is 1.18. The molecule has 1 atom stereocenters. The maximum Gasteiger partial charge on any atom is 0.264 e. The Labute approximate surface area is 232 Å². The van der Waals surface area contributed by atoms with Crippen molar-refractivity contribution in [1.29, 1.82) is 0 Å². The molecule has 11 heteroatoms. The third-order valence-corrected chi connectivity index (χ3v) is 8.34. The third-order valence-electron chi connectivity index (χ3n) is 5.71. The lowest BCUT2D eigenvalue weighted by Crippen LogP contribution is -2.51. The molecule has 0 aliphatic rings. The average molecular weight is 583 g/mol. The predicted molar refractivity (Wildman–Crippen MR) is 148 cm³/mol. The zero-order valence-corrected chi connectivity index (χ0v) is 23.3. The van der Waals surface area contributed by atoms with Crippen LogP contribution in [-0.2, 0) is 26.2 Å². The van der Waals surface area contributed by atoms with Crippen LogP contribution in [0.4, 0.5) is 5.69 Å². The van der Waals surface area contributed by atoms with Crippen molar-refractivity contribution in [3.05, 3.63) is 93.4 Å². The van der Waals surface area contributed by atoms with Crippen molar-refractivity contribution in [2.45, 2.75) is 30.8 Å². The van der Waals surface area contributed by atoms with E-state index in [1.165, 1.54) is 36.2 Å². The number of amides is 2. The summed E-state index contributed by atoms with van der Waals surface area (Å²) in [7, 11) is -2.67. The van der Waals surface area contributed by atoms with Crippen molar-refractivity contribution in [3.8, 4) is 0 Å². The van der Waals surface area contributed by atoms with Gasteiger partial charge < -0.3 is 10.2 Å². The molecule has 0 saturated heterocycles. The van der Waals surface area contributed by atoms with Crippen molar-refractivity contribution < 1.29 is 18.0 Å². The fourth-order valence-corrected chi connectivity index (χ4v) is 5.80. The SMILES string of the molecule is CC[C@@H](C(=O)NC)N(Cc1ccc(Cl)cc1Cl)C(=O)CN(c1ccc(Cl)cc1)S(=O)(=O)c1ccccc1. The van der Waals surface area contributed by atoms with Gasteiger partial charge in [-0.1, -0.05) is 66.0 Å². The molecular weight excluding hydrogens is 557 g/mol. The molecule has 0 aliphatic carbocycles. The van der Waals surface area contributed by atoms with E-state index >= 15 is 0 Å². The molecule has 0 saturated carbocycles. The number of rotatable bonds is 10. The monoisotopic (exact) mass is 581 g/mol. The normalized spacial score (nSPS) is 12.0. The molecule has 3 aromatic carbocycles. The van der Waals surface area contributed by atoms with Crippen molar-refractivity contribution in [1.82, 2.24) is 10.2 Å². The topological polar surface area (TPSA) is 86.8 Å². The second-order valence-corrected chi connectivity index (χ2v) is 11.2. The number of nitrogens with one attached hydrogen (secondary N) is 1. The Hall–Kier alpha value is -2.78. The van der Waals surface area contributed by atoms with Gasteiger partial charge in [-0.2, -0.15) is 0 Å². The highest BCUT2D eigenvalue weighted by Gasteiger charge is 2.33. The lowest BCUT2D eigenvalue weighted by atomic mass is 10.1. The summed E-state index contributed by atoms with van der Waals surface area (Å²) < 4.78 is 28.3. The maximum absolute atomic E-state index is 13.8. The molecule has 0 fully saturated rings. The second-order valence-electron chi connectivity index (χ2n) is 8.10. The molecule has 0 heterocycles. The van der Waals surface area contributed by atoms with Crippen LogP contribution >= 0.6 is 34.8 Å². The standard InChI is InChI=1S/C26H26Cl3N3O4S/c1-3-24(26(34)30-2)31(16-18-9-10-20(28)15-23(18)29)25(33)17-32(21-13-11-19(27)12-14-21)37(35,36)22-7-5-4-6-8-22/h4-15,24H,3,16-17H2,1-2H3,(H,30,34)/t24-/m0/s1. The summed E-state index contributed by atoms with van der Waals surface area (Å²) in [6, 6.07) is 17.9. The van der Waals surface area contributed by atoms with Gasteiger partial charge in [-0.3, -0.25) is 13.9 Å². The fraction of sp³-hybridized carbons (Fsp3) is 0.231. The van der Waals surface area contributed by atoms with E-state index in [0.29, 0.717) is 27.1 Å². The van der Waals surface area contributed by atoms with Gasteiger partial charge >= 0.3 is 0 Å². The van der Waals surface area contributed by atoms with E-state index in [0.717, 1.165) is 4.31 Å². The van der Waals surface area contributed by atoms with Crippen LogP contribution in [0, 0.1) is 0 Å². The molecule has 3 rings (SSSR count). The number of carbonyl (C=O) groups is 2. The van der Waals surface area contributed by atoms with Gasteiger partial charge in [0.25, 0.3) is 10.0 Å². The molecule has 2 amide bonds. The van der Waals surface area contributed by atoms with Crippen LogP contribution < -0.4 is 9.62 Å². The molecular formula is C26H26Cl3N3O4S. The van der Waals surface area contributed by atoms with Crippen LogP contribution in [0.25, 0.3) is 0 Å². The minimum absolute atomic E-state index is 0.0170. The Balaban J connectivity index is 2.06. The third kappa shape index (κ3) is 6.96. The van der Waals surface area contributed by atoms with E-state index in [-0.39, 0.29) is 23.0 Å². The van der Waals surface area contributed by atoms with Gasteiger partial charge in [0.05, 0.1) is 10.6 Å². The molecule has 0 radical (unpaired) electrons. The molecule has 0 aliphatic heterocycles. The number of hydrogen-bond donors (Lipinski definition) is 1. The van der Waals surface area contributed by atoms with Crippen LogP contribution in [0.15, 0.2) is 77.7 Å². The van der Waals surface area contributed by atoms with Gasteiger partial charge in [-0.25, -0.2) is 8.42 Å². The smallest absolute Gasteiger partial charge is 0.264 e. The predicted octanol–water partition coefficient (Wildman–Crippen LogP) is 5.40. The number of benzene rings is 3. The highest BCUT2D eigenvalue weighted by Crippen LogP contribution is 2.27. The first-order valence-corrected chi connectivity index (χ1v) is 13.9. The first kappa shape index (κ1) is 28.8. The molecule has 0 bridgehead atoms. The number of likely N-dealkylation sites (N-methyl/N-ethyl adjacent to an activating group) is 1. The zero-order chi connectivity index (χ0) is 27.2. The number of halogens is 3. The summed E-state index contributed by atoms with van der Waals surface area (Å²) in [4.78, 5) is 27.9. The van der Waals surface area contributed by atoms with E-state index in [1.54, 1.807) is 55.5 Å². The Morgan fingerprint density at radius 3 is 2.11 bits per heavy atom. The number of carbonyl (C=O) groups excluding carboxylic acids is 2.